The fourth-order valence-electron chi connectivity index (χ4n) is 1.33. The molecule has 0 aromatic carbocycles. The van der Waals surface area contributed by atoms with Crippen molar-refractivity contribution in [3.63, 3.8) is 0 Å². The van der Waals surface area contributed by atoms with Crippen LogP contribution in [0.2, 0.25) is 0 Å². The van der Waals surface area contributed by atoms with Gasteiger partial charge in [0, 0.05) is 23.7 Å². The molecule has 2 aromatic rings. The highest BCUT2D eigenvalue weighted by molar-refractivity contribution is 7.93. The molecule has 0 spiro atoms. The van der Waals surface area contributed by atoms with Gasteiger partial charge in [-0.15, -0.1) is 11.3 Å². The lowest BCUT2D eigenvalue weighted by atomic mass is 10.3. The van der Waals surface area contributed by atoms with E-state index in [0.717, 1.165) is 10.4 Å². The fourth-order valence-corrected chi connectivity index (χ4v) is 3.74. The van der Waals surface area contributed by atoms with Crippen LogP contribution in [0.1, 0.15) is 6.92 Å². The third-order valence-corrected chi connectivity index (χ3v) is 5.71. The number of hydrogen-bond donors (Lipinski definition) is 0. The van der Waals surface area contributed by atoms with Crippen LogP contribution in [-0.2, 0) is 16.9 Å². The van der Waals surface area contributed by atoms with Crippen LogP contribution in [0, 0.1) is 0 Å². The highest BCUT2D eigenvalue weighted by Gasteiger charge is 2.15. The molecular formula is C10H12N2O2S2. The van der Waals surface area contributed by atoms with Gasteiger partial charge in [-0.1, -0.05) is 6.92 Å². The van der Waals surface area contributed by atoms with E-state index in [1.165, 1.54) is 11.3 Å². The monoisotopic (exact) mass is 256 g/mol. The number of aryl methyl sites for hydroxylation is 1. The first kappa shape index (κ1) is 11.3. The van der Waals surface area contributed by atoms with Crippen LogP contribution in [0.25, 0.3) is 10.4 Å². The second-order valence-electron chi connectivity index (χ2n) is 3.42. The molecule has 0 fully saturated rings. The Morgan fingerprint density at radius 2 is 2.19 bits per heavy atom. The molecule has 2 heterocycles. The molecule has 0 unspecified atom stereocenters. The molecule has 0 saturated carbocycles. The van der Waals surface area contributed by atoms with E-state index in [1.807, 2.05) is 19.3 Å². The van der Waals surface area contributed by atoms with Crippen LogP contribution in [-0.4, -0.2) is 24.0 Å². The quantitative estimate of drug-likeness (QED) is 0.843. The minimum Gasteiger partial charge on any atom is -0.275 e. The number of nitrogens with zero attached hydrogens (tertiary/aromatic N) is 2. The van der Waals surface area contributed by atoms with Crippen molar-refractivity contribution in [2.24, 2.45) is 7.05 Å². The van der Waals surface area contributed by atoms with E-state index in [-0.39, 0.29) is 5.75 Å². The van der Waals surface area contributed by atoms with Crippen molar-refractivity contribution in [3.05, 3.63) is 24.5 Å². The number of aromatic nitrogens is 2. The Morgan fingerprint density at radius 1 is 1.44 bits per heavy atom. The van der Waals surface area contributed by atoms with E-state index in [9.17, 15) is 8.42 Å². The lowest BCUT2D eigenvalue weighted by Crippen LogP contribution is -2.00. The maximum Gasteiger partial charge on any atom is 0.187 e. The number of thiophene rings is 1. The third kappa shape index (κ3) is 2.03. The first-order valence-corrected chi connectivity index (χ1v) is 7.31. The van der Waals surface area contributed by atoms with E-state index in [0.29, 0.717) is 4.21 Å². The highest BCUT2D eigenvalue weighted by Crippen LogP contribution is 2.30. The van der Waals surface area contributed by atoms with Crippen molar-refractivity contribution in [1.82, 2.24) is 9.78 Å². The lowest BCUT2D eigenvalue weighted by molar-refractivity contribution is 0.599. The Morgan fingerprint density at radius 3 is 2.75 bits per heavy atom. The zero-order chi connectivity index (χ0) is 11.8. The SMILES string of the molecule is CCS(=O)(=O)c1ccc(-c2cnn(C)c2)s1. The summed E-state index contributed by atoms with van der Waals surface area (Å²) in [6, 6.07) is 3.48. The molecule has 0 aliphatic carbocycles. The zero-order valence-electron chi connectivity index (χ0n) is 9.04. The highest BCUT2D eigenvalue weighted by atomic mass is 32.2. The van der Waals surface area contributed by atoms with Crippen LogP contribution < -0.4 is 0 Å². The van der Waals surface area contributed by atoms with Crippen molar-refractivity contribution in [2.45, 2.75) is 11.1 Å². The molecule has 0 radical (unpaired) electrons. The van der Waals surface area contributed by atoms with E-state index in [2.05, 4.69) is 5.10 Å². The second kappa shape index (κ2) is 4.03. The first-order valence-electron chi connectivity index (χ1n) is 4.84. The number of hydrogen-bond acceptors (Lipinski definition) is 4. The molecular weight excluding hydrogens is 244 g/mol. The summed E-state index contributed by atoms with van der Waals surface area (Å²) in [7, 11) is -1.25. The Labute approximate surface area is 98.5 Å². The third-order valence-electron chi connectivity index (χ3n) is 2.26. The smallest absolute Gasteiger partial charge is 0.187 e. The Kier molecular flexibility index (Phi) is 2.86. The summed E-state index contributed by atoms with van der Waals surface area (Å²) in [4.78, 5) is 0.931. The predicted octanol–water partition coefficient (Wildman–Crippen LogP) is 1.94. The summed E-state index contributed by atoms with van der Waals surface area (Å²) < 4.78 is 25.4. The van der Waals surface area contributed by atoms with Gasteiger partial charge in [0.1, 0.15) is 4.21 Å². The topological polar surface area (TPSA) is 52.0 Å². The molecule has 0 aliphatic rings. The van der Waals surface area contributed by atoms with Crippen LogP contribution in [0.4, 0.5) is 0 Å². The van der Waals surface area contributed by atoms with E-state index >= 15 is 0 Å². The van der Waals surface area contributed by atoms with Crippen LogP contribution >= 0.6 is 11.3 Å². The Balaban J connectivity index is 2.41. The maximum atomic E-state index is 11.6. The van der Waals surface area contributed by atoms with Gasteiger partial charge in [-0.3, -0.25) is 4.68 Å². The van der Waals surface area contributed by atoms with Gasteiger partial charge in [-0.05, 0) is 12.1 Å². The van der Waals surface area contributed by atoms with Crippen LogP contribution in [0.15, 0.2) is 28.7 Å². The average Bonchev–Trinajstić information content (AvgIpc) is 2.85. The second-order valence-corrected chi connectivity index (χ2v) is 7.01. The van der Waals surface area contributed by atoms with Gasteiger partial charge in [0.15, 0.2) is 9.84 Å². The largest absolute Gasteiger partial charge is 0.275 e. The van der Waals surface area contributed by atoms with Crippen LogP contribution in [0.5, 0.6) is 0 Å². The summed E-state index contributed by atoms with van der Waals surface area (Å²) in [5.74, 6) is 0.139. The van der Waals surface area contributed by atoms with E-state index in [1.54, 1.807) is 23.9 Å². The van der Waals surface area contributed by atoms with Crippen LogP contribution in [0.3, 0.4) is 0 Å². The first-order chi connectivity index (χ1) is 7.53. The van der Waals surface area contributed by atoms with Gasteiger partial charge in [-0.25, -0.2) is 8.42 Å². The molecule has 16 heavy (non-hydrogen) atoms. The van der Waals surface area contributed by atoms with Gasteiger partial charge in [0.2, 0.25) is 0 Å². The van der Waals surface area contributed by atoms with Crippen molar-refractivity contribution >= 4 is 21.2 Å². The molecule has 0 saturated heterocycles. The average molecular weight is 256 g/mol. The molecule has 86 valence electrons. The van der Waals surface area contributed by atoms with Crippen molar-refractivity contribution < 1.29 is 8.42 Å². The summed E-state index contributed by atoms with van der Waals surface area (Å²) in [6.45, 7) is 1.65. The Bertz CT molecular complexity index is 596. The van der Waals surface area contributed by atoms with Gasteiger partial charge >= 0.3 is 0 Å². The van der Waals surface area contributed by atoms with Gasteiger partial charge < -0.3 is 0 Å². The standard InChI is InChI=1S/C10H12N2O2S2/c1-3-16(13,14)10-5-4-9(15-10)8-6-11-12(2)7-8/h4-7H,3H2,1-2H3. The van der Waals surface area contributed by atoms with Gasteiger partial charge in [0.05, 0.1) is 11.9 Å². The molecule has 0 bridgehead atoms. The molecule has 2 aromatic heterocycles. The summed E-state index contributed by atoms with van der Waals surface area (Å²) >= 11 is 1.29. The predicted molar refractivity (Wildman–Crippen MR) is 64.2 cm³/mol. The molecule has 0 N–H and O–H groups in total. The van der Waals surface area contributed by atoms with Crippen molar-refractivity contribution in [3.8, 4) is 10.4 Å². The van der Waals surface area contributed by atoms with Crippen molar-refractivity contribution in [2.75, 3.05) is 5.75 Å². The molecule has 6 heteroatoms. The van der Waals surface area contributed by atoms with E-state index < -0.39 is 9.84 Å². The lowest BCUT2D eigenvalue weighted by Gasteiger charge is -1.94. The maximum absolute atomic E-state index is 11.6. The summed E-state index contributed by atoms with van der Waals surface area (Å²) in [5, 5.41) is 4.06. The summed E-state index contributed by atoms with van der Waals surface area (Å²) in [5.41, 5.74) is 0.949. The zero-order valence-corrected chi connectivity index (χ0v) is 10.7. The summed E-state index contributed by atoms with van der Waals surface area (Å²) in [6.07, 6.45) is 3.60. The number of rotatable bonds is 3. The normalized spacial score (nSPS) is 11.9. The minimum absolute atomic E-state index is 0.139. The molecule has 0 aliphatic heterocycles. The number of sulfone groups is 1. The fraction of sp³-hybridized carbons (Fsp3) is 0.300. The van der Waals surface area contributed by atoms with Gasteiger partial charge in [-0.2, -0.15) is 5.10 Å². The molecule has 4 nitrogen and oxygen atoms in total. The van der Waals surface area contributed by atoms with E-state index in [4.69, 9.17) is 0 Å². The molecule has 0 amide bonds. The minimum atomic E-state index is -3.09. The molecule has 2 rings (SSSR count). The Hall–Kier alpha value is -1.14. The van der Waals surface area contributed by atoms with Crippen molar-refractivity contribution in [1.29, 1.82) is 0 Å². The molecule has 0 atom stereocenters. The van der Waals surface area contributed by atoms with Gasteiger partial charge in [0.25, 0.3) is 0 Å².